The van der Waals surface area contributed by atoms with Gasteiger partial charge in [-0.25, -0.2) is 0 Å². The Morgan fingerprint density at radius 2 is 1.78 bits per heavy atom. The average molecular weight is 366 g/mol. The summed E-state index contributed by atoms with van der Waals surface area (Å²) in [5, 5.41) is 3.49. The van der Waals surface area contributed by atoms with Crippen molar-refractivity contribution in [3.8, 4) is 11.5 Å². The van der Waals surface area contributed by atoms with E-state index in [2.05, 4.69) is 5.32 Å². The number of rotatable bonds is 5. The molecule has 1 amide bonds. The lowest BCUT2D eigenvalue weighted by Crippen LogP contribution is -2.20. The first-order valence-corrected chi connectivity index (χ1v) is 8.55. The molecule has 0 spiro atoms. The van der Waals surface area contributed by atoms with Crippen LogP contribution in [0.2, 0.25) is 0 Å². The van der Waals surface area contributed by atoms with Crippen LogP contribution >= 0.6 is 0 Å². The van der Waals surface area contributed by atoms with E-state index >= 15 is 0 Å². The van der Waals surface area contributed by atoms with Gasteiger partial charge in [0.25, 0.3) is 0 Å². The van der Waals surface area contributed by atoms with Crippen molar-refractivity contribution in [3.63, 3.8) is 0 Å². The second kappa shape index (κ2) is 7.53. The van der Waals surface area contributed by atoms with E-state index in [1.54, 1.807) is 43.2 Å². The van der Waals surface area contributed by atoms with Crippen LogP contribution in [0.15, 0.2) is 47.4 Å². The lowest BCUT2D eigenvalue weighted by Gasteiger charge is -2.14. The fourth-order valence-corrected chi connectivity index (χ4v) is 3.22. The molecule has 0 aliphatic carbocycles. The molecule has 1 heterocycles. The number of methoxy groups -OCH3 is 2. The summed E-state index contributed by atoms with van der Waals surface area (Å²) in [6.07, 6.45) is 1.65. The van der Waals surface area contributed by atoms with Crippen molar-refractivity contribution in [1.82, 2.24) is 4.57 Å². The number of fused-ring (bicyclic) bond motifs is 1. The number of carbonyl (C=O) groups excluding carboxylic acids is 1. The van der Waals surface area contributed by atoms with Gasteiger partial charge in [0.2, 0.25) is 5.91 Å². The van der Waals surface area contributed by atoms with Crippen molar-refractivity contribution < 1.29 is 14.3 Å². The van der Waals surface area contributed by atoms with E-state index in [1.807, 2.05) is 26.0 Å². The molecule has 0 saturated heterocycles. The predicted octanol–water partition coefficient (Wildman–Crippen LogP) is 3.27. The number of benzene rings is 2. The molecule has 6 nitrogen and oxygen atoms in total. The van der Waals surface area contributed by atoms with Crippen LogP contribution < -0.4 is 20.2 Å². The quantitative estimate of drug-likeness (QED) is 0.752. The molecule has 0 aliphatic heterocycles. The number of amides is 1. The standard InChI is InChI=1S/C21H22N2O4/c1-13-9-14(2)21-16(10-13)23(8-7-17(21)24)12-20(25)22-15-5-6-18(26-3)19(11-15)27-4/h5-11H,12H2,1-4H3,(H,22,25). The second-order valence-electron chi connectivity index (χ2n) is 6.40. The number of hydrogen-bond acceptors (Lipinski definition) is 4. The summed E-state index contributed by atoms with van der Waals surface area (Å²) < 4.78 is 12.2. The largest absolute Gasteiger partial charge is 0.493 e. The Morgan fingerprint density at radius 1 is 1.04 bits per heavy atom. The topological polar surface area (TPSA) is 69.6 Å². The molecule has 0 atom stereocenters. The van der Waals surface area contributed by atoms with Crippen molar-refractivity contribution in [2.45, 2.75) is 20.4 Å². The third-order valence-electron chi connectivity index (χ3n) is 4.40. The summed E-state index contributed by atoms with van der Waals surface area (Å²) >= 11 is 0. The Labute approximate surface area is 157 Å². The first-order chi connectivity index (χ1) is 12.9. The van der Waals surface area contributed by atoms with E-state index < -0.39 is 0 Å². The molecule has 0 fully saturated rings. The lowest BCUT2D eigenvalue weighted by atomic mass is 10.1. The van der Waals surface area contributed by atoms with Crippen LogP contribution in [0, 0.1) is 13.8 Å². The molecule has 0 radical (unpaired) electrons. The smallest absolute Gasteiger partial charge is 0.244 e. The third kappa shape index (κ3) is 3.79. The highest BCUT2D eigenvalue weighted by Gasteiger charge is 2.11. The van der Waals surface area contributed by atoms with E-state index in [4.69, 9.17) is 9.47 Å². The summed E-state index contributed by atoms with van der Waals surface area (Å²) in [5.41, 5.74) is 3.26. The van der Waals surface area contributed by atoms with Crippen LogP contribution in [0.25, 0.3) is 10.9 Å². The SMILES string of the molecule is COc1ccc(NC(=O)Cn2ccc(=O)c3c(C)cc(C)cc32)cc1OC. The van der Waals surface area contributed by atoms with Crippen molar-refractivity contribution in [2.24, 2.45) is 0 Å². The highest BCUT2D eigenvalue weighted by molar-refractivity contribution is 5.92. The molecule has 0 aliphatic rings. The molecule has 140 valence electrons. The van der Waals surface area contributed by atoms with Crippen LogP contribution in [0.4, 0.5) is 5.69 Å². The molecule has 27 heavy (non-hydrogen) atoms. The molecule has 1 N–H and O–H groups in total. The Hall–Kier alpha value is -3.28. The van der Waals surface area contributed by atoms with E-state index in [0.717, 1.165) is 16.6 Å². The predicted molar refractivity (Wildman–Crippen MR) is 106 cm³/mol. The van der Waals surface area contributed by atoms with Gasteiger partial charge < -0.3 is 19.4 Å². The van der Waals surface area contributed by atoms with E-state index in [0.29, 0.717) is 22.6 Å². The Balaban J connectivity index is 1.89. The minimum Gasteiger partial charge on any atom is -0.493 e. The van der Waals surface area contributed by atoms with Crippen LogP contribution in [0.1, 0.15) is 11.1 Å². The molecule has 0 bridgehead atoms. The maximum atomic E-state index is 12.6. The summed E-state index contributed by atoms with van der Waals surface area (Å²) in [6, 6.07) is 10.6. The zero-order valence-electron chi connectivity index (χ0n) is 15.8. The zero-order valence-corrected chi connectivity index (χ0v) is 15.8. The number of pyridine rings is 1. The fraction of sp³-hybridized carbons (Fsp3) is 0.238. The molecule has 6 heteroatoms. The molecular weight excluding hydrogens is 344 g/mol. The molecule has 0 saturated carbocycles. The van der Waals surface area contributed by atoms with Gasteiger partial charge in [-0.05, 0) is 43.2 Å². The number of hydrogen-bond donors (Lipinski definition) is 1. The van der Waals surface area contributed by atoms with Gasteiger partial charge in [-0.1, -0.05) is 6.07 Å². The Morgan fingerprint density at radius 3 is 2.48 bits per heavy atom. The minimum atomic E-state index is -0.202. The van der Waals surface area contributed by atoms with Crippen LogP contribution in [0.3, 0.4) is 0 Å². The Bertz CT molecular complexity index is 1070. The number of nitrogens with zero attached hydrogens (tertiary/aromatic N) is 1. The molecule has 3 aromatic rings. The van der Waals surface area contributed by atoms with Crippen LogP contribution in [-0.2, 0) is 11.3 Å². The number of carbonyl (C=O) groups is 1. The van der Waals surface area contributed by atoms with Gasteiger partial charge in [0.15, 0.2) is 16.9 Å². The highest BCUT2D eigenvalue weighted by Crippen LogP contribution is 2.29. The monoisotopic (exact) mass is 366 g/mol. The van der Waals surface area contributed by atoms with Crippen molar-refractivity contribution in [1.29, 1.82) is 0 Å². The van der Waals surface area contributed by atoms with Gasteiger partial charge in [0.05, 0.1) is 19.7 Å². The first-order valence-electron chi connectivity index (χ1n) is 8.55. The molecule has 0 unspecified atom stereocenters. The van der Waals surface area contributed by atoms with Gasteiger partial charge in [-0.3, -0.25) is 9.59 Å². The number of anilines is 1. The average Bonchev–Trinajstić information content (AvgIpc) is 2.63. The second-order valence-corrected chi connectivity index (χ2v) is 6.40. The van der Waals surface area contributed by atoms with Crippen molar-refractivity contribution in [2.75, 3.05) is 19.5 Å². The molecule has 3 rings (SSSR count). The normalized spacial score (nSPS) is 10.7. The molecular formula is C21H22N2O4. The van der Waals surface area contributed by atoms with Gasteiger partial charge >= 0.3 is 0 Å². The maximum absolute atomic E-state index is 12.6. The van der Waals surface area contributed by atoms with Crippen LogP contribution in [0.5, 0.6) is 11.5 Å². The zero-order chi connectivity index (χ0) is 19.6. The number of ether oxygens (including phenoxy) is 2. The van der Waals surface area contributed by atoms with Crippen molar-refractivity contribution >= 4 is 22.5 Å². The lowest BCUT2D eigenvalue weighted by molar-refractivity contribution is -0.116. The molecule has 1 aromatic heterocycles. The number of aromatic nitrogens is 1. The Kier molecular flexibility index (Phi) is 5.16. The molecule has 2 aromatic carbocycles. The van der Waals surface area contributed by atoms with Crippen LogP contribution in [-0.4, -0.2) is 24.7 Å². The summed E-state index contributed by atoms with van der Waals surface area (Å²) in [5.74, 6) is 0.926. The van der Waals surface area contributed by atoms with E-state index in [1.165, 1.54) is 6.07 Å². The fourth-order valence-electron chi connectivity index (χ4n) is 3.22. The minimum absolute atomic E-state index is 0.0425. The third-order valence-corrected chi connectivity index (χ3v) is 4.40. The highest BCUT2D eigenvalue weighted by atomic mass is 16.5. The van der Waals surface area contributed by atoms with Gasteiger partial charge in [-0.2, -0.15) is 0 Å². The summed E-state index contributed by atoms with van der Waals surface area (Å²) in [7, 11) is 3.10. The summed E-state index contributed by atoms with van der Waals surface area (Å²) in [4.78, 5) is 24.8. The van der Waals surface area contributed by atoms with Crippen molar-refractivity contribution in [3.05, 3.63) is 63.9 Å². The maximum Gasteiger partial charge on any atom is 0.244 e. The van der Waals surface area contributed by atoms with E-state index in [-0.39, 0.29) is 17.9 Å². The first kappa shape index (κ1) is 18.5. The summed E-state index contributed by atoms with van der Waals surface area (Å²) in [6.45, 7) is 3.97. The number of nitrogens with one attached hydrogen (secondary N) is 1. The van der Waals surface area contributed by atoms with Gasteiger partial charge in [-0.15, -0.1) is 0 Å². The van der Waals surface area contributed by atoms with Gasteiger partial charge in [0.1, 0.15) is 6.54 Å². The van der Waals surface area contributed by atoms with E-state index in [9.17, 15) is 9.59 Å². The number of aryl methyl sites for hydroxylation is 2. The van der Waals surface area contributed by atoms with Gasteiger partial charge in [0, 0.05) is 29.4 Å².